The van der Waals surface area contributed by atoms with E-state index < -0.39 is 10.8 Å². The Morgan fingerprint density at radius 3 is 0.870 bits per heavy atom. The summed E-state index contributed by atoms with van der Waals surface area (Å²) in [7, 11) is 0. The van der Waals surface area contributed by atoms with Crippen LogP contribution < -0.4 is 9.47 Å². The van der Waals surface area contributed by atoms with Gasteiger partial charge in [-0.25, -0.2) is 0 Å². The van der Waals surface area contributed by atoms with E-state index in [1.54, 1.807) is 0 Å². The molecule has 9 aromatic heterocycles. The van der Waals surface area contributed by atoms with E-state index in [4.69, 9.17) is 29.4 Å². The van der Waals surface area contributed by atoms with Gasteiger partial charge in [0.2, 0.25) is 0 Å². The summed E-state index contributed by atoms with van der Waals surface area (Å²) < 4.78 is 27.2. The van der Waals surface area contributed by atoms with E-state index in [0.717, 1.165) is 232 Å². The molecular weight excluding hydrogens is 1830 g/mol. The van der Waals surface area contributed by atoms with Gasteiger partial charge in [-0.05, 0) is 281 Å². The van der Waals surface area contributed by atoms with E-state index >= 15 is 0 Å². The number of ether oxygens (including phenoxy) is 2. The second kappa shape index (κ2) is 30.1. The number of rotatable bonds is 5. The van der Waals surface area contributed by atoms with Gasteiger partial charge >= 0.3 is 0 Å². The van der Waals surface area contributed by atoms with E-state index in [2.05, 4.69) is 364 Å². The SMILES string of the molecule is Brc1ccc2c(c1)C1(c3cc(Br)ccc3O2)c2cccnc2-c2ncccc21.N#Cc1ccc2c(c1)c1ccccc1n2-c1ccc2c(c1)-c1ccccc1C2.N#Cc1ccc2c(c1)c1ccccc1n2-c1ccc2c(c1)c1ccccc1n2-c1ccc2c(c1)C1(c3cc(-n4c5ccccc5c5cc(-n6c7ccccc7c7cc(C#N)ccc76)ccc54)ccc3O2)c2cccnc2-c2ncccc21. The van der Waals surface area contributed by atoms with E-state index in [0.29, 0.717) is 16.7 Å². The quantitative estimate of drug-likeness (QED) is 0.163. The van der Waals surface area contributed by atoms with Gasteiger partial charge in [-0.15, -0.1) is 0 Å². The van der Waals surface area contributed by atoms with Crippen LogP contribution in [0.3, 0.4) is 0 Å². The fraction of sp³-hybridized carbons (Fsp3) is 0.0246. The summed E-state index contributed by atoms with van der Waals surface area (Å²) in [5.74, 6) is 3.24. The first-order valence-corrected chi connectivity index (χ1v) is 47.4. The summed E-state index contributed by atoms with van der Waals surface area (Å²) in [4.78, 5) is 19.6. The normalized spacial score (nSPS) is 13.2. The summed E-state index contributed by atoms with van der Waals surface area (Å²) in [5.41, 5.74) is 34.2. The van der Waals surface area contributed by atoms with Crippen LogP contribution in [-0.4, -0.2) is 42.8 Å². The molecule has 0 N–H and O–H groups in total. The zero-order chi connectivity index (χ0) is 91.5. The highest BCUT2D eigenvalue weighted by molar-refractivity contribution is 9.10. The number of hydrogen-bond donors (Lipinski definition) is 0. The van der Waals surface area contributed by atoms with Crippen molar-refractivity contribution in [2.24, 2.45) is 0 Å². The maximum absolute atomic E-state index is 9.88. The molecule has 642 valence electrons. The Bertz CT molecular complexity index is 9410. The van der Waals surface area contributed by atoms with Gasteiger partial charge in [-0.3, -0.25) is 19.9 Å². The van der Waals surface area contributed by atoms with Gasteiger partial charge < -0.3 is 32.3 Å². The third kappa shape index (κ3) is 11.2. The molecule has 0 atom stereocenters. The third-order valence-corrected chi connectivity index (χ3v) is 29.9. The molecule has 0 bridgehead atoms. The molecule has 3 aliphatic carbocycles. The van der Waals surface area contributed by atoms with Crippen LogP contribution in [0.2, 0.25) is 0 Å². The van der Waals surface area contributed by atoms with Crippen LogP contribution in [0.15, 0.2) is 410 Å². The van der Waals surface area contributed by atoms with E-state index in [1.807, 2.05) is 110 Å². The van der Waals surface area contributed by atoms with Crippen molar-refractivity contribution in [2.45, 2.75) is 17.3 Å². The average Bonchev–Trinajstić information content (AvgIpc) is 1.51. The van der Waals surface area contributed by atoms with Gasteiger partial charge in [0.1, 0.15) is 23.0 Å². The van der Waals surface area contributed by atoms with Crippen molar-refractivity contribution < 1.29 is 9.47 Å². The van der Waals surface area contributed by atoms with Gasteiger partial charge in [-0.2, -0.15) is 15.8 Å². The molecule has 14 nitrogen and oxygen atoms in total. The maximum atomic E-state index is 9.88. The van der Waals surface area contributed by atoms with Crippen LogP contribution >= 0.6 is 31.9 Å². The smallest absolute Gasteiger partial charge is 0.132 e. The van der Waals surface area contributed by atoms with Crippen LogP contribution in [-0.2, 0) is 17.3 Å². The van der Waals surface area contributed by atoms with Crippen molar-refractivity contribution in [2.75, 3.05) is 0 Å². The summed E-state index contributed by atoms with van der Waals surface area (Å²) in [6.07, 6.45) is 8.41. The van der Waals surface area contributed by atoms with E-state index in [9.17, 15) is 15.8 Å². The minimum atomic E-state index is -0.885. The lowest BCUT2D eigenvalue weighted by Crippen LogP contribution is -2.32. The molecule has 0 saturated carbocycles. The Balaban J connectivity index is 0.000000135. The number of nitriles is 3. The lowest BCUT2D eigenvalue weighted by Gasteiger charge is -2.39. The first-order valence-electron chi connectivity index (χ1n) is 45.8. The fourth-order valence-corrected chi connectivity index (χ4v) is 24.1. The maximum Gasteiger partial charge on any atom is 0.132 e. The van der Waals surface area contributed by atoms with E-state index in [1.165, 1.54) is 33.2 Å². The molecule has 138 heavy (non-hydrogen) atoms. The molecule has 0 saturated heterocycles. The zero-order valence-electron chi connectivity index (χ0n) is 73.3. The zero-order valence-corrected chi connectivity index (χ0v) is 76.4. The van der Waals surface area contributed by atoms with Gasteiger partial charge in [0.05, 0.1) is 124 Å². The molecule has 2 aliphatic heterocycles. The number of halogens is 2. The molecule has 16 aromatic carbocycles. The lowest BCUT2D eigenvalue weighted by atomic mass is 9.66. The number of pyridine rings is 4. The molecule has 5 aliphatic rings. The summed E-state index contributed by atoms with van der Waals surface area (Å²) in [6, 6.07) is 139. The summed E-state index contributed by atoms with van der Waals surface area (Å²) >= 11 is 7.32. The predicted octanol–water partition coefficient (Wildman–Crippen LogP) is 29.8. The molecule has 25 aromatic rings. The number of nitrogens with zero attached hydrogens (tertiary/aromatic N) is 12. The van der Waals surface area contributed by atoms with Crippen molar-refractivity contribution >= 4 is 141 Å². The summed E-state index contributed by atoms with van der Waals surface area (Å²) in [5, 5.41) is 40.2. The third-order valence-electron chi connectivity index (χ3n) is 29.0. The Morgan fingerprint density at radius 2 is 0.507 bits per heavy atom. The van der Waals surface area contributed by atoms with Crippen molar-refractivity contribution in [3.05, 3.63) is 482 Å². The Kier molecular flexibility index (Phi) is 17.2. The Hall–Kier alpha value is -17.9. The highest BCUT2D eigenvalue weighted by Gasteiger charge is 2.55. The van der Waals surface area contributed by atoms with Crippen LogP contribution in [0.5, 0.6) is 23.0 Å². The van der Waals surface area contributed by atoms with Crippen LogP contribution in [0.25, 0.3) is 171 Å². The number of hydrogen-bond acceptors (Lipinski definition) is 9. The molecule has 0 fully saturated rings. The molecule has 16 heteroatoms. The second-order valence-corrected chi connectivity index (χ2v) is 37.6. The highest BCUT2D eigenvalue weighted by atomic mass is 79.9. The number of para-hydroxylation sites is 5. The molecule has 0 amide bonds. The van der Waals surface area contributed by atoms with Crippen molar-refractivity contribution in [1.29, 1.82) is 15.8 Å². The van der Waals surface area contributed by atoms with Crippen LogP contribution in [0.1, 0.15) is 72.3 Å². The second-order valence-electron chi connectivity index (χ2n) is 35.8. The molecule has 0 radical (unpaired) electrons. The standard InChI is InChI=1S/C73H40N8O.C26H16N2.C23H12Br2N2O/c74-41-43-21-27-65-53(35-43)49-11-1-5-17-61(49)78(65)45-23-29-67-55(37-45)51-13-3-7-19-63(51)80(67)47-25-31-69-59(39-47)73(57-15-9-33-76-71(57)72-58(73)16-10-34-77-72)60-40-48(26-32-70(60)82-69)81-64-20-8-4-14-52(64)56-38-46(24-30-68(56)81)79-62-18-6-2-12-50(62)54-36-44(42-75)22-28-66(54)79;27-16-17-9-12-26-24(13-17)22-7-3-4-8-25(22)28(26)20-11-10-19-14-18-5-1-2-6-21(18)23(19)15-20;24-13-5-7-19-17(11-13)23(18-12-14(25)6-8-20(18)28-19)15-3-1-9-26-21(15)22-16(23)4-2-10-27-22/h1-40H;1-13,15H,14H2;1-12H. The average molecular weight is 1890 g/mol. The van der Waals surface area contributed by atoms with Crippen molar-refractivity contribution in [3.63, 3.8) is 0 Å². The van der Waals surface area contributed by atoms with Crippen molar-refractivity contribution in [1.82, 2.24) is 42.8 Å². The van der Waals surface area contributed by atoms with E-state index in [-0.39, 0.29) is 0 Å². The molecule has 2 spiro atoms. The lowest BCUT2D eigenvalue weighted by molar-refractivity contribution is 0.435. The molecule has 11 heterocycles. The Labute approximate surface area is 805 Å². The number of fused-ring (bicyclic) bond motifs is 36. The van der Waals surface area contributed by atoms with Crippen LogP contribution in [0, 0.1) is 34.0 Å². The topological polar surface area (TPSA) is 166 Å². The molecule has 30 rings (SSSR count). The monoisotopic (exact) mass is 1890 g/mol. The van der Waals surface area contributed by atoms with Gasteiger partial charge in [0, 0.05) is 138 Å². The summed E-state index contributed by atoms with van der Waals surface area (Å²) in [6.45, 7) is 0. The number of aromatic nitrogens is 9. The minimum absolute atomic E-state index is 0.524. The Morgan fingerprint density at radius 1 is 0.232 bits per heavy atom. The first kappa shape index (κ1) is 78.8. The first-order chi connectivity index (χ1) is 68.1. The minimum Gasteiger partial charge on any atom is -0.457 e. The highest BCUT2D eigenvalue weighted by Crippen LogP contribution is 2.65. The largest absolute Gasteiger partial charge is 0.457 e. The fourth-order valence-electron chi connectivity index (χ4n) is 23.4. The molecule has 0 unspecified atom stereocenters. The van der Waals surface area contributed by atoms with Crippen LogP contribution in [0.4, 0.5) is 0 Å². The van der Waals surface area contributed by atoms with Gasteiger partial charge in [0.25, 0.3) is 0 Å². The van der Waals surface area contributed by atoms with Gasteiger partial charge in [-0.1, -0.05) is 177 Å². The van der Waals surface area contributed by atoms with Crippen molar-refractivity contribution in [3.8, 4) is 104 Å². The number of benzene rings is 16. The van der Waals surface area contributed by atoms with Gasteiger partial charge in [0.15, 0.2) is 0 Å². The predicted molar refractivity (Wildman–Crippen MR) is 555 cm³/mol. The molecular formula is C122H68Br2N12O2.